The molecule has 0 rings (SSSR count). The molecule has 72 valence electrons. The van der Waals surface area contributed by atoms with Crippen molar-refractivity contribution in [1.29, 1.82) is 0 Å². The lowest BCUT2D eigenvalue weighted by Crippen LogP contribution is -2.29. The zero-order valence-corrected chi connectivity index (χ0v) is 9.17. The summed E-state index contributed by atoms with van der Waals surface area (Å²) in [6.07, 6.45) is -1.00. The maximum atomic E-state index is 11.0. The summed E-state index contributed by atoms with van der Waals surface area (Å²) in [5.41, 5.74) is 0. The van der Waals surface area contributed by atoms with Crippen molar-refractivity contribution in [2.75, 3.05) is 6.61 Å². The van der Waals surface area contributed by atoms with Gasteiger partial charge >= 0.3 is 5.97 Å². The molecule has 2 atom stereocenters. The summed E-state index contributed by atoms with van der Waals surface area (Å²) in [4.78, 5) is 11.1. The van der Waals surface area contributed by atoms with Gasteiger partial charge in [0.1, 0.15) is 6.61 Å². The van der Waals surface area contributed by atoms with Crippen LogP contribution in [-0.2, 0) is 9.53 Å². The molecule has 0 saturated heterocycles. The Labute approximate surface area is 81.2 Å². The highest BCUT2D eigenvalue weighted by molar-refractivity contribution is 9.09. The molecule has 0 radical (unpaired) electrons. The molecule has 12 heavy (non-hydrogen) atoms. The number of alkyl halides is 1. The van der Waals surface area contributed by atoms with Gasteiger partial charge in [-0.25, -0.2) is 4.79 Å². The molecule has 0 aliphatic carbocycles. The van der Waals surface area contributed by atoms with Crippen LogP contribution in [0.2, 0.25) is 0 Å². The molecule has 1 N–H and O–H groups in total. The van der Waals surface area contributed by atoms with Crippen LogP contribution in [-0.4, -0.2) is 28.6 Å². The van der Waals surface area contributed by atoms with Crippen molar-refractivity contribution in [3.05, 3.63) is 0 Å². The fourth-order valence-corrected chi connectivity index (χ4v) is 0.687. The highest BCUT2D eigenvalue weighted by Crippen LogP contribution is 2.05. The molecule has 0 heterocycles. The van der Waals surface area contributed by atoms with Crippen molar-refractivity contribution in [1.82, 2.24) is 0 Å². The molecule has 0 amide bonds. The summed E-state index contributed by atoms with van der Waals surface area (Å²) < 4.78 is 4.79. The maximum absolute atomic E-state index is 11.0. The Bertz CT molecular complexity index is 145. The first-order chi connectivity index (χ1) is 5.45. The third-order valence-corrected chi connectivity index (χ3v) is 1.59. The summed E-state index contributed by atoms with van der Waals surface area (Å²) >= 11 is 3.23. The van der Waals surface area contributed by atoms with Gasteiger partial charge in [-0.2, -0.15) is 0 Å². The molecule has 0 saturated carbocycles. The van der Waals surface area contributed by atoms with Crippen LogP contribution in [0.25, 0.3) is 0 Å². The third-order valence-electron chi connectivity index (χ3n) is 1.33. The van der Waals surface area contributed by atoms with E-state index in [0.29, 0.717) is 6.61 Å². The summed E-state index contributed by atoms with van der Waals surface area (Å²) in [5, 5.41) is 9.22. The molecule has 4 heteroatoms. The number of aliphatic hydroxyl groups is 1. The van der Waals surface area contributed by atoms with Crippen LogP contribution in [0.1, 0.15) is 20.8 Å². The number of esters is 1. The number of hydrogen-bond acceptors (Lipinski definition) is 3. The van der Waals surface area contributed by atoms with Gasteiger partial charge < -0.3 is 9.84 Å². The first kappa shape index (κ1) is 11.9. The van der Waals surface area contributed by atoms with E-state index in [1.54, 1.807) is 13.8 Å². The van der Waals surface area contributed by atoms with Crippen LogP contribution in [0.15, 0.2) is 0 Å². The van der Waals surface area contributed by atoms with E-state index >= 15 is 0 Å². The fourth-order valence-electron chi connectivity index (χ4n) is 0.555. The normalized spacial score (nSPS) is 15.8. The Morgan fingerprint density at radius 1 is 1.50 bits per heavy atom. The molecule has 0 aliphatic rings. The van der Waals surface area contributed by atoms with Gasteiger partial charge in [0.05, 0.1) is 0 Å². The molecule has 1 unspecified atom stereocenters. The van der Waals surface area contributed by atoms with Crippen LogP contribution < -0.4 is 0 Å². The molecule has 0 spiro atoms. The monoisotopic (exact) mass is 238 g/mol. The topological polar surface area (TPSA) is 46.5 Å². The molecule has 0 fully saturated rings. The Morgan fingerprint density at radius 3 is 2.33 bits per heavy atom. The SMILES string of the molecule is CC(Br)COC(=O)[C@@H](O)C(C)C. The summed E-state index contributed by atoms with van der Waals surface area (Å²) in [5.74, 6) is -0.639. The smallest absolute Gasteiger partial charge is 0.335 e. The van der Waals surface area contributed by atoms with Crippen molar-refractivity contribution in [2.45, 2.75) is 31.7 Å². The van der Waals surface area contributed by atoms with E-state index in [0.717, 1.165) is 0 Å². The first-order valence-electron chi connectivity index (χ1n) is 3.94. The van der Waals surface area contributed by atoms with Gasteiger partial charge in [-0.1, -0.05) is 29.8 Å². The molecule has 0 aromatic carbocycles. The Morgan fingerprint density at radius 2 is 2.00 bits per heavy atom. The number of hydrogen-bond donors (Lipinski definition) is 1. The number of ether oxygens (including phenoxy) is 1. The highest BCUT2D eigenvalue weighted by Gasteiger charge is 2.20. The van der Waals surface area contributed by atoms with E-state index in [1.165, 1.54) is 0 Å². The van der Waals surface area contributed by atoms with Crippen LogP contribution in [0.5, 0.6) is 0 Å². The minimum Gasteiger partial charge on any atom is -0.463 e. The van der Waals surface area contributed by atoms with E-state index < -0.39 is 12.1 Å². The lowest BCUT2D eigenvalue weighted by Gasteiger charge is -2.13. The highest BCUT2D eigenvalue weighted by atomic mass is 79.9. The van der Waals surface area contributed by atoms with Gasteiger partial charge in [0.25, 0.3) is 0 Å². The molecule has 0 aromatic rings. The molecule has 0 bridgehead atoms. The van der Waals surface area contributed by atoms with Crippen LogP contribution in [0, 0.1) is 5.92 Å². The zero-order chi connectivity index (χ0) is 9.72. The number of halogens is 1. The van der Waals surface area contributed by atoms with E-state index in [-0.39, 0.29) is 10.7 Å². The average molecular weight is 239 g/mol. The van der Waals surface area contributed by atoms with Crippen molar-refractivity contribution < 1.29 is 14.6 Å². The van der Waals surface area contributed by atoms with Crippen LogP contribution in [0.4, 0.5) is 0 Å². The van der Waals surface area contributed by atoms with Gasteiger partial charge in [0.15, 0.2) is 6.10 Å². The second-order valence-corrected chi connectivity index (χ2v) is 4.66. The van der Waals surface area contributed by atoms with Crippen molar-refractivity contribution in [3.8, 4) is 0 Å². The minimum atomic E-state index is -1.00. The van der Waals surface area contributed by atoms with Gasteiger partial charge in [0, 0.05) is 4.83 Å². The van der Waals surface area contributed by atoms with E-state index in [4.69, 9.17) is 4.74 Å². The van der Waals surface area contributed by atoms with Gasteiger partial charge in [-0.15, -0.1) is 0 Å². The molecule has 3 nitrogen and oxygen atoms in total. The number of aliphatic hydroxyl groups excluding tert-OH is 1. The molecular formula is C8H15BrO3. The van der Waals surface area contributed by atoms with Crippen molar-refractivity contribution in [3.63, 3.8) is 0 Å². The van der Waals surface area contributed by atoms with Gasteiger partial charge in [-0.05, 0) is 12.8 Å². The second-order valence-electron chi connectivity index (χ2n) is 3.10. The molecule has 0 aliphatic heterocycles. The standard InChI is InChI=1S/C8H15BrO3/c1-5(2)7(10)8(11)12-4-6(3)9/h5-7,10H,4H2,1-3H3/t6?,7-/m0/s1. The van der Waals surface area contributed by atoms with Crippen molar-refractivity contribution >= 4 is 21.9 Å². The number of carbonyl (C=O) groups is 1. The molecular weight excluding hydrogens is 224 g/mol. The number of rotatable bonds is 4. The minimum absolute atomic E-state index is 0.0943. The summed E-state index contributed by atoms with van der Waals surface area (Å²) in [7, 11) is 0. The largest absolute Gasteiger partial charge is 0.463 e. The summed E-state index contributed by atoms with van der Waals surface area (Å²) in [6.45, 7) is 5.70. The third kappa shape index (κ3) is 4.72. The Balaban J connectivity index is 3.72. The quantitative estimate of drug-likeness (QED) is 0.594. The van der Waals surface area contributed by atoms with Crippen LogP contribution in [0.3, 0.4) is 0 Å². The Hall–Kier alpha value is -0.0900. The van der Waals surface area contributed by atoms with E-state index in [2.05, 4.69) is 15.9 Å². The Kier molecular flexibility index (Phi) is 5.50. The number of carbonyl (C=O) groups excluding carboxylic acids is 1. The van der Waals surface area contributed by atoms with Gasteiger partial charge in [0.2, 0.25) is 0 Å². The summed E-state index contributed by atoms with van der Waals surface area (Å²) in [6, 6.07) is 0. The van der Waals surface area contributed by atoms with E-state index in [9.17, 15) is 9.90 Å². The average Bonchev–Trinajstić information content (AvgIpc) is 1.98. The second kappa shape index (κ2) is 5.54. The first-order valence-corrected chi connectivity index (χ1v) is 4.85. The van der Waals surface area contributed by atoms with Crippen molar-refractivity contribution in [2.24, 2.45) is 5.92 Å². The lowest BCUT2D eigenvalue weighted by molar-refractivity contribution is -0.155. The molecule has 0 aromatic heterocycles. The predicted octanol–water partition coefficient (Wildman–Crippen LogP) is 1.33. The van der Waals surface area contributed by atoms with Gasteiger partial charge in [-0.3, -0.25) is 0 Å². The predicted molar refractivity (Wildman–Crippen MR) is 50.2 cm³/mol. The fraction of sp³-hybridized carbons (Fsp3) is 0.875. The van der Waals surface area contributed by atoms with Crippen LogP contribution >= 0.6 is 15.9 Å². The van der Waals surface area contributed by atoms with E-state index in [1.807, 2.05) is 6.92 Å². The maximum Gasteiger partial charge on any atom is 0.335 e. The lowest BCUT2D eigenvalue weighted by atomic mass is 10.1. The zero-order valence-electron chi connectivity index (χ0n) is 7.58.